The van der Waals surface area contributed by atoms with Crippen molar-refractivity contribution in [2.24, 2.45) is 0 Å². The first-order valence-corrected chi connectivity index (χ1v) is 47.3. The third kappa shape index (κ3) is 45.9. The second-order valence-corrected chi connectivity index (χ2v) is 39.8. The molecule has 0 heterocycles. The van der Waals surface area contributed by atoms with Crippen LogP contribution in [0.4, 0.5) is 0 Å². The summed E-state index contributed by atoms with van der Waals surface area (Å²) in [6, 6.07) is 36.2. The monoisotopic (exact) mass is 1650 g/mol. The predicted molar refractivity (Wildman–Crippen MR) is 566 cm³/mol. The van der Waals surface area contributed by atoms with E-state index in [-0.39, 0.29) is 43.3 Å². The van der Waals surface area contributed by atoms with Crippen LogP contribution >= 0.6 is 0 Å². The van der Waals surface area contributed by atoms with E-state index in [2.05, 4.69) is 429 Å². The van der Waals surface area contributed by atoms with E-state index in [1.54, 1.807) is 0 Å². The molecule has 0 N–H and O–H groups in total. The quantitative estimate of drug-likeness (QED) is 0.142. The Morgan fingerprint density at radius 2 is 0.325 bits per heavy atom. The maximum absolute atomic E-state index is 2.32. The lowest BCUT2D eigenvalue weighted by Gasteiger charge is -2.25. The van der Waals surface area contributed by atoms with Gasteiger partial charge in [0.25, 0.3) is 0 Å². The highest BCUT2D eigenvalue weighted by atomic mass is 14.3. The van der Waals surface area contributed by atoms with Crippen molar-refractivity contribution in [1.82, 2.24) is 0 Å². The van der Waals surface area contributed by atoms with Crippen molar-refractivity contribution >= 4 is 0 Å². The Balaban J connectivity index is -0.000000194. The lowest BCUT2D eigenvalue weighted by atomic mass is 9.80. The van der Waals surface area contributed by atoms with Crippen LogP contribution < -0.4 is 0 Å². The molecule has 8 aromatic rings. The topological polar surface area (TPSA) is 0 Å². The van der Waals surface area contributed by atoms with Gasteiger partial charge in [0.15, 0.2) is 0 Å². The van der Waals surface area contributed by atoms with Crippen molar-refractivity contribution < 1.29 is 0 Å². The zero-order valence-electron chi connectivity index (χ0n) is 93.2. The van der Waals surface area contributed by atoms with Crippen LogP contribution in [-0.4, -0.2) is 0 Å². The molecule has 0 aliphatic heterocycles. The van der Waals surface area contributed by atoms with Crippen LogP contribution in [-0.2, 0) is 43.3 Å². The van der Waals surface area contributed by atoms with E-state index in [9.17, 15) is 0 Å². The molecule has 0 saturated heterocycles. The van der Waals surface area contributed by atoms with Crippen LogP contribution in [0.3, 0.4) is 0 Å². The minimum absolute atomic E-state index is 0.264. The van der Waals surface area contributed by atoms with Gasteiger partial charge in [-0.05, 0) is 365 Å². The summed E-state index contributed by atoms with van der Waals surface area (Å²) < 4.78 is 0. The molecule has 0 fully saturated rings. The van der Waals surface area contributed by atoms with Gasteiger partial charge in [0, 0.05) is 0 Å². The largest absolute Gasteiger partial charge is 0.0683 e. The highest BCUT2D eigenvalue weighted by Gasteiger charge is 2.24. The van der Waals surface area contributed by atoms with E-state index in [0.29, 0.717) is 0 Å². The smallest absolute Gasteiger partial charge is 0.0127 e. The van der Waals surface area contributed by atoms with Crippen molar-refractivity contribution in [1.29, 1.82) is 0 Å². The lowest BCUT2D eigenvalue weighted by molar-refractivity contribution is 0.581. The molecular formula is C120H208. The molecule has 0 nitrogen and oxygen atoms in total. The predicted octanol–water partition coefficient (Wildman–Crippen LogP) is 39.5. The van der Waals surface area contributed by atoms with Crippen molar-refractivity contribution in [3.63, 3.8) is 0 Å². The zero-order chi connectivity index (χ0) is 97.8. The van der Waals surface area contributed by atoms with Gasteiger partial charge in [0.05, 0.1) is 0 Å². The van der Waals surface area contributed by atoms with E-state index in [1.807, 2.05) is 111 Å². The summed E-state index contributed by atoms with van der Waals surface area (Å²) in [6.07, 6.45) is 0. The molecule has 120 heavy (non-hydrogen) atoms. The number of benzene rings is 8. The summed E-state index contributed by atoms with van der Waals surface area (Å²) in [6.45, 7) is 139. The molecule has 0 aliphatic rings. The Labute approximate surface area is 756 Å². The van der Waals surface area contributed by atoms with Gasteiger partial charge in [0.1, 0.15) is 0 Å². The summed E-state index contributed by atoms with van der Waals surface area (Å²) in [5.74, 6) is 0. The number of hydrogen-bond acceptors (Lipinski definition) is 0. The van der Waals surface area contributed by atoms with Crippen LogP contribution in [0, 0.1) is 166 Å². The Kier molecular flexibility index (Phi) is 64.2. The molecule has 688 valence electrons. The van der Waals surface area contributed by atoms with Crippen molar-refractivity contribution in [3.05, 3.63) is 275 Å². The minimum Gasteiger partial charge on any atom is -0.0683 e. The third-order valence-electron chi connectivity index (χ3n) is 21.4. The molecule has 0 atom stereocenters. The fraction of sp³-hybridized carbons (Fsp3) is 0.600. The molecule has 0 bridgehead atoms. The Bertz CT molecular complexity index is 3860. The standard InChI is InChI=1S/8C13H20.8C2H6/c1-9-7-11(3)12(8-10(9)2)13(4,5)6;3*1-9-7-10(2)11(3)12(8-9)13(4,5)6;1-9-7-10(2)12(11(3)8-9)13(4,5)6;2*1-9-7-8-12(13(4,5)6)11(3)10(9)2;1-9-7-8-10(2)12(11(9)3)13(4,5)6;8*1-2/h8*7-8H,1-6H3;8*1-2H3. The first-order valence-electron chi connectivity index (χ1n) is 47.3. The fourth-order valence-electron chi connectivity index (χ4n) is 15.2. The van der Waals surface area contributed by atoms with Crippen LogP contribution in [0.2, 0.25) is 0 Å². The van der Waals surface area contributed by atoms with E-state index in [0.717, 1.165) is 0 Å². The van der Waals surface area contributed by atoms with Gasteiger partial charge in [-0.2, -0.15) is 0 Å². The number of aryl methyl sites for hydroxylation is 16. The summed E-state index contributed by atoms with van der Waals surface area (Å²) in [5.41, 5.74) is 47.9. The molecule has 0 aliphatic carbocycles. The first kappa shape index (κ1) is 129. The van der Waals surface area contributed by atoms with Crippen LogP contribution in [0.1, 0.15) is 455 Å². The molecule has 0 unspecified atom stereocenters. The van der Waals surface area contributed by atoms with E-state index in [1.165, 1.54) is 178 Å². The summed E-state index contributed by atoms with van der Waals surface area (Å²) in [4.78, 5) is 0. The van der Waals surface area contributed by atoms with E-state index >= 15 is 0 Å². The highest BCUT2D eigenvalue weighted by Crippen LogP contribution is 2.36. The van der Waals surface area contributed by atoms with Crippen LogP contribution in [0.15, 0.2) is 97.1 Å². The average Bonchev–Trinajstić information content (AvgIpc) is 0.816. The molecule has 0 radical (unpaired) electrons. The molecular weight excluding hydrogens is 1440 g/mol. The van der Waals surface area contributed by atoms with Crippen LogP contribution in [0.5, 0.6) is 0 Å². The minimum atomic E-state index is 0.264. The van der Waals surface area contributed by atoms with Gasteiger partial charge in [-0.15, -0.1) is 0 Å². The molecule has 0 spiro atoms. The van der Waals surface area contributed by atoms with Gasteiger partial charge >= 0.3 is 0 Å². The van der Waals surface area contributed by atoms with E-state index < -0.39 is 0 Å². The van der Waals surface area contributed by atoms with Crippen molar-refractivity contribution in [3.8, 4) is 0 Å². The third-order valence-corrected chi connectivity index (χ3v) is 21.4. The molecule has 0 heteroatoms. The van der Waals surface area contributed by atoms with Gasteiger partial charge in [-0.25, -0.2) is 0 Å². The van der Waals surface area contributed by atoms with Crippen molar-refractivity contribution in [2.75, 3.05) is 0 Å². The Hall–Kier alpha value is -6.24. The van der Waals surface area contributed by atoms with Crippen molar-refractivity contribution in [2.45, 2.75) is 486 Å². The number of rotatable bonds is 0. The normalized spacial score (nSPS) is 10.7. The second kappa shape index (κ2) is 59.6. The number of hydrogen-bond donors (Lipinski definition) is 0. The zero-order valence-corrected chi connectivity index (χ0v) is 93.2. The molecule has 8 rings (SSSR count). The highest BCUT2D eigenvalue weighted by molar-refractivity contribution is 5.48. The Morgan fingerprint density at radius 3 is 0.550 bits per heavy atom. The lowest BCUT2D eigenvalue weighted by Crippen LogP contribution is -2.15. The van der Waals surface area contributed by atoms with Gasteiger partial charge in [-0.3, -0.25) is 0 Å². The maximum atomic E-state index is 2.32. The van der Waals surface area contributed by atoms with Crippen LogP contribution in [0.25, 0.3) is 0 Å². The van der Waals surface area contributed by atoms with Gasteiger partial charge < -0.3 is 0 Å². The first-order chi connectivity index (χ1) is 54.6. The van der Waals surface area contributed by atoms with Gasteiger partial charge in [0.2, 0.25) is 0 Å². The molecule has 8 aromatic carbocycles. The molecule has 0 saturated carbocycles. The molecule has 0 amide bonds. The fourth-order valence-corrected chi connectivity index (χ4v) is 15.2. The summed E-state index contributed by atoms with van der Waals surface area (Å²) in [7, 11) is 0. The Morgan fingerprint density at radius 1 is 0.125 bits per heavy atom. The summed E-state index contributed by atoms with van der Waals surface area (Å²) >= 11 is 0. The van der Waals surface area contributed by atoms with Gasteiger partial charge in [-0.1, -0.05) is 396 Å². The molecule has 0 aromatic heterocycles. The maximum Gasteiger partial charge on any atom is -0.0127 e. The SMILES string of the molecule is CC.CC.CC.CC.CC.CC.CC.CC.Cc1cc(C)c(C(C)(C)C)c(C)c1.Cc1cc(C)c(C(C)(C)C)cc1C.Cc1cc(C)c(C)c(C(C)(C)C)c1.Cc1cc(C)c(C)c(C(C)(C)C)c1.Cc1cc(C)c(C)c(C(C)(C)C)c1.Cc1ccc(C(C)(C)C)c(C)c1C.Cc1ccc(C(C)(C)C)c(C)c1C.Cc1ccc(C)c(C(C)(C)C)c1C. The second-order valence-electron chi connectivity index (χ2n) is 39.8. The summed E-state index contributed by atoms with van der Waals surface area (Å²) in [5, 5.41) is 0. The van der Waals surface area contributed by atoms with E-state index in [4.69, 9.17) is 0 Å². The average molecular weight is 1650 g/mol.